The molecule has 2 aromatic carbocycles. The van der Waals surface area contributed by atoms with Gasteiger partial charge in [-0.1, -0.05) is 19.1 Å². The molecule has 1 amide bonds. The smallest absolute Gasteiger partial charge is 0.225 e. The molecule has 0 bridgehead atoms. The van der Waals surface area contributed by atoms with Gasteiger partial charge in [-0.25, -0.2) is 26.0 Å². The highest BCUT2D eigenvalue weighted by atomic mass is 32.2. The van der Waals surface area contributed by atoms with Crippen LogP contribution in [-0.4, -0.2) is 55.0 Å². The third-order valence-electron chi connectivity index (χ3n) is 7.07. The van der Waals surface area contributed by atoms with Crippen LogP contribution in [-0.2, 0) is 21.2 Å². The summed E-state index contributed by atoms with van der Waals surface area (Å²) in [7, 11) is -3.46. The molecule has 2 heterocycles. The van der Waals surface area contributed by atoms with Crippen LogP contribution in [0.25, 0.3) is 0 Å². The fraction of sp³-hybridized carbons (Fsp3) is 0.379. The average molecular weight is 593 g/mol. The predicted molar refractivity (Wildman–Crippen MR) is 148 cm³/mol. The molecule has 1 aromatic heterocycles. The minimum Gasteiger partial charge on any atom is -0.324 e. The first kappa shape index (κ1) is 30.6. The van der Waals surface area contributed by atoms with Crippen LogP contribution in [0.1, 0.15) is 48.8 Å². The molecule has 1 aliphatic rings. The Labute approximate surface area is 237 Å². The molecular formula is C29H32F4N4O3S. The van der Waals surface area contributed by atoms with E-state index in [0.717, 1.165) is 18.3 Å². The number of anilines is 1. The molecule has 0 radical (unpaired) electrons. The molecule has 3 aromatic rings. The first-order valence-electron chi connectivity index (χ1n) is 13.4. The van der Waals surface area contributed by atoms with Crippen molar-refractivity contribution in [1.29, 1.82) is 0 Å². The van der Waals surface area contributed by atoms with Gasteiger partial charge in [-0.15, -0.1) is 0 Å². The lowest BCUT2D eigenvalue weighted by molar-refractivity contribution is -0.116. The predicted octanol–water partition coefficient (Wildman–Crippen LogP) is 4.74. The summed E-state index contributed by atoms with van der Waals surface area (Å²) in [6.07, 6.45) is 2.96. The van der Waals surface area contributed by atoms with Crippen LogP contribution in [0.2, 0.25) is 0 Å². The van der Waals surface area contributed by atoms with Crippen LogP contribution in [0.3, 0.4) is 0 Å². The zero-order valence-electron chi connectivity index (χ0n) is 22.5. The van der Waals surface area contributed by atoms with Gasteiger partial charge in [-0.05, 0) is 54.7 Å². The molecule has 2 atom stereocenters. The Morgan fingerprint density at radius 3 is 2.44 bits per heavy atom. The Bertz CT molecular complexity index is 1450. The number of halogens is 4. The van der Waals surface area contributed by atoms with Crippen LogP contribution in [0, 0.1) is 23.3 Å². The zero-order chi connectivity index (χ0) is 29.6. The van der Waals surface area contributed by atoms with Crippen molar-refractivity contribution >= 4 is 21.6 Å². The molecule has 41 heavy (non-hydrogen) atoms. The van der Waals surface area contributed by atoms with Crippen molar-refractivity contribution in [2.75, 3.05) is 30.7 Å². The van der Waals surface area contributed by atoms with Gasteiger partial charge in [0.1, 0.15) is 23.3 Å². The maximum Gasteiger partial charge on any atom is 0.225 e. The summed E-state index contributed by atoms with van der Waals surface area (Å²) in [6, 6.07) is 7.79. The first-order chi connectivity index (χ1) is 19.6. The Hall–Kier alpha value is -3.35. The molecule has 7 nitrogen and oxygen atoms in total. The highest BCUT2D eigenvalue weighted by Gasteiger charge is 2.32. The third kappa shape index (κ3) is 7.90. The molecular weight excluding hydrogens is 560 g/mol. The number of rotatable bonds is 11. The number of nitrogens with zero attached hydrogens (tertiary/aromatic N) is 2. The lowest BCUT2D eigenvalue weighted by atomic mass is 9.88. The second kappa shape index (κ2) is 13.5. The maximum atomic E-state index is 14.9. The molecule has 1 unspecified atom stereocenters. The van der Waals surface area contributed by atoms with Gasteiger partial charge in [0.15, 0.2) is 0 Å². The van der Waals surface area contributed by atoms with Crippen molar-refractivity contribution in [2.45, 2.75) is 44.6 Å². The van der Waals surface area contributed by atoms with Gasteiger partial charge in [0.05, 0.1) is 23.8 Å². The first-order valence-corrected chi connectivity index (χ1v) is 15.0. The third-order valence-corrected chi connectivity index (χ3v) is 9.19. The maximum absolute atomic E-state index is 14.9. The van der Waals surface area contributed by atoms with Crippen molar-refractivity contribution in [3.05, 3.63) is 94.8 Å². The van der Waals surface area contributed by atoms with Crippen LogP contribution in [0.4, 0.5) is 23.2 Å². The van der Waals surface area contributed by atoms with E-state index in [2.05, 4.69) is 15.6 Å². The zero-order valence-corrected chi connectivity index (χ0v) is 23.4. The van der Waals surface area contributed by atoms with E-state index in [1.807, 2.05) is 0 Å². The van der Waals surface area contributed by atoms with Crippen LogP contribution in [0.5, 0.6) is 0 Å². The number of carbonyl (C=O) groups excluding carboxylic acids is 1. The summed E-state index contributed by atoms with van der Waals surface area (Å²) >= 11 is 0. The van der Waals surface area contributed by atoms with E-state index in [1.54, 1.807) is 6.92 Å². The second-order valence-corrected chi connectivity index (χ2v) is 12.1. The van der Waals surface area contributed by atoms with Gasteiger partial charge in [-0.3, -0.25) is 9.78 Å². The molecule has 220 valence electrons. The van der Waals surface area contributed by atoms with Gasteiger partial charge in [0.25, 0.3) is 0 Å². The van der Waals surface area contributed by atoms with Gasteiger partial charge in [-0.2, -0.15) is 4.31 Å². The Balaban J connectivity index is 1.54. The van der Waals surface area contributed by atoms with E-state index in [1.165, 1.54) is 34.8 Å². The van der Waals surface area contributed by atoms with Crippen molar-refractivity contribution in [3.8, 4) is 0 Å². The summed E-state index contributed by atoms with van der Waals surface area (Å²) in [5.41, 5.74) is 0.925. The molecule has 1 saturated heterocycles. The Morgan fingerprint density at radius 2 is 1.76 bits per heavy atom. The number of aromatic nitrogens is 1. The number of nitrogens with one attached hydrogen (secondary N) is 2. The van der Waals surface area contributed by atoms with E-state index in [-0.39, 0.29) is 41.5 Å². The van der Waals surface area contributed by atoms with Crippen LogP contribution in [0.15, 0.2) is 54.9 Å². The van der Waals surface area contributed by atoms with Crippen LogP contribution < -0.4 is 10.6 Å². The van der Waals surface area contributed by atoms with Gasteiger partial charge in [0.2, 0.25) is 15.9 Å². The fourth-order valence-corrected chi connectivity index (χ4v) is 6.90. The molecule has 12 heteroatoms. The molecule has 0 saturated carbocycles. The quantitative estimate of drug-likeness (QED) is 0.314. The molecule has 0 aliphatic carbocycles. The molecule has 1 aliphatic heterocycles. The number of hydrogen-bond acceptors (Lipinski definition) is 5. The average Bonchev–Trinajstić information content (AvgIpc) is 2.91. The highest BCUT2D eigenvalue weighted by molar-refractivity contribution is 7.89. The largest absolute Gasteiger partial charge is 0.324 e. The van der Waals surface area contributed by atoms with E-state index >= 15 is 0 Å². The minimum atomic E-state index is -3.46. The molecule has 4 rings (SSSR count). The lowest BCUT2D eigenvalue weighted by Gasteiger charge is -2.35. The van der Waals surface area contributed by atoms with Crippen molar-refractivity contribution in [1.82, 2.24) is 14.6 Å². The molecule has 1 fully saturated rings. The summed E-state index contributed by atoms with van der Waals surface area (Å²) in [4.78, 5) is 17.1. The number of amides is 1. The van der Waals surface area contributed by atoms with Crippen molar-refractivity contribution in [3.63, 3.8) is 0 Å². The molecule has 2 N–H and O–H groups in total. The number of pyridine rings is 1. The highest BCUT2D eigenvalue weighted by Crippen LogP contribution is 2.31. The minimum absolute atomic E-state index is 0.0266. The molecule has 0 spiro atoms. The number of sulfonamides is 1. The summed E-state index contributed by atoms with van der Waals surface area (Å²) < 4.78 is 83.6. The van der Waals surface area contributed by atoms with Gasteiger partial charge < -0.3 is 10.6 Å². The van der Waals surface area contributed by atoms with Crippen molar-refractivity contribution in [2.24, 2.45) is 0 Å². The lowest BCUT2D eigenvalue weighted by Crippen LogP contribution is -2.54. The van der Waals surface area contributed by atoms with E-state index in [0.29, 0.717) is 44.1 Å². The summed E-state index contributed by atoms with van der Waals surface area (Å²) in [6.45, 7) is 3.05. The van der Waals surface area contributed by atoms with E-state index in [4.69, 9.17) is 0 Å². The number of carbonyl (C=O) groups is 1. The van der Waals surface area contributed by atoms with Gasteiger partial charge >= 0.3 is 0 Å². The standard InChI is InChI=1S/C29H32F4N4O3S/c1-2-11-41(39,40)37-10-9-34-16-24(37)7-8-25-27(33)17-35-18-28(25)36-29(38)15-26(19-3-5-21(30)6-4-19)20-12-22(31)14-23(32)13-20/h3-6,12-14,17-18,24,26,34H,2,7-11,15-16H2,1H3,(H,36,38)/t24-,26?/m0/s1. The van der Waals surface area contributed by atoms with Crippen molar-refractivity contribution < 1.29 is 30.8 Å². The fourth-order valence-electron chi connectivity index (χ4n) is 5.15. The normalized spacial score (nSPS) is 16.9. The van der Waals surface area contributed by atoms with E-state index < -0.39 is 45.1 Å². The summed E-state index contributed by atoms with van der Waals surface area (Å²) in [5, 5.41) is 5.84. The Morgan fingerprint density at radius 1 is 1.05 bits per heavy atom. The van der Waals surface area contributed by atoms with Crippen LogP contribution >= 0.6 is 0 Å². The topological polar surface area (TPSA) is 91.4 Å². The van der Waals surface area contributed by atoms with E-state index in [9.17, 15) is 30.8 Å². The number of hydrogen-bond donors (Lipinski definition) is 2. The second-order valence-electron chi connectivity index (χ2n) is 10.0. The number of benzene rings is 2. The summed E-state index contributed by atoms with van der Waals surface area (Å²) in [5.74, 6) is -4.18. The Kier molecular flexibility index (Phi) is 10.1. The SMILES string of the molecule is CCCS(=O)(=O)N1CCNC[C@@H]1CCc1c(F)cncc1NC(=O)CC(c1ccc(F)cc1)c1cc(F)cc(F)c1. The number of piperazine rings is 1. The van der Waals surface area contributed by atoms with Gasteiger partial charge in [0, 0.05) is 49.6 Å². The monoisotopic (exact) mass is 592 g/mol.